The minimum Gasteiger partial charge on any atom is -0.366 e. The highest BCUT2D eigenvalue weighted by atomic mass is 19.4. The molecule has 2 aromatic rings. The third kappa shape index (κ3) is 4.82. The van der Waals surface area contributed by atoms with E-state index < -0.39 is 17.6 Å². The van der Waals surface area contributed by atoms with Crippen molar-refractivity contribution in [1.29, 1.82) is 0 Å². The smallest absolute Gasteiger partial charge is 0.366 e. The number of halogens is 3. The Hall–Kier alpha value is -2.34. The number of hydrogen-bond acceptors (Lipinski definition) is 2. The summed E-state index contributed by atoms with van der Waals surface area (Å²) in [5, 5.41) is 0. The van der Waals surface area contributed by atoms with E-state index in [2.05, 4.69) is 0 Å². The largest absolute Gasteiger partial charge is 0.416 e. The molecule has 0 aliphatic heterocycles. The van der Waals surface area contributed by atoms with Crippen molar-refractivity contribution in [1.82, 2.24) is 4.90 Å². The molecule has 2 N–H and O–H groups in total. The first kappa shape index (κ1) is 17.0. The van der Waals surface area contributed by atoms with Gasteiger partial charge in [0.05, 0.1) is 5.56 Å². The molecule has 0 aliphatic rings. The monoisotopic (exact) mass is 322 g/mol. The number of primary amides is 1. The van der Waals surface area contributed by atoms with Gasteiger partial charge in [-0.05, 0) is 42.4 Å². The van der Waals surface area contributed by atoms with Crippen molar-refractivity contribution in [2.24, 2.45) is 5.73 Å². The van der Waals surface area contributed by atoms with Gasteiger partial charge >= 0.3 is 6.18 Å². The van der Waals surface area contributed by atoms with Crippen LogP contribution < -0.4 is 5.73 Å². The van der Waals surface area contributed by atoms with Crippen LogP contribution in [-0.2, 0) is 19.3 Å². The van der Waals surface area contributed by atoms with Crippen molar-refractivity contribution in [3.63, 3.8) is 0 Å². The van der Waals surface area contributed by atoms with Gasteiger partial charge < -0.3 is 5.73 Å². The van der Waals surface area contributed by atoms with Crippen LogP contribution in [-0.4, -0.2) is 17.9 Å². The minimum absolute atomic E-state index is 0.444. The molecule has 0 aromatic heterocycles. The molecule has 0 aliphatic carbocycles. The molecule has 23 heavy (non-hydrogen) atoms. The SMILES string of the molecule is CN(Cc1ccc(C(N)=O)cc1)Cc1ccc(C(F)(F)F)cc1. The maximum Gasteiger partial charge on any atom is 0.416 e. The number of benzene rings is 2. The van der Waals surface area contributed by atoms with Gasteiger partial charge in [0.2, 0.25) is 5.91 Å². The topological polar surface area (TPSA) is 46.3 Å². The molecule has 0 saturated carbocycles. The average molecular weight is 322 g/mol. The lowest BCUT2D eigenvalue weighted by Gasteiger charge is -2.17. The van der Waals surface area contributed by atoms with Gasteiger partial charge in [-0.25, -0.2) is 0 Å². The fraction of sp³-hybridized carbons (Fsp3) is 0.235. The second-order valence-electron chi connectivity index (χ2n) is 5.43. The van der Waals surface area contributed by atoms with Crippen LogP contribution in [0.2, 0.25) is 0 Å². The molecule has 0 bridgehead atoms. The molecule has 0 atom stereocenters. The van der Waals surface area contributed by atoms with Gasteiger partial charge in [0, 0.05) is 18.7 Å². The molecule has 0 unspecified atom stereocenters. The minimum atomic E-state index is -4.31. The standard InChI is InChI=1S/C17H17F3N2O/c1-22(10-12-2-6-14(7-3-12)16(21)23)11-13-4-8-15(9-5-13)17(18,19)20/h2-9H,10-11H2,1H3,(H2,21,23). The molecular weight excluding hydrogens is 305 g/mol. The molecule has 0 heterocycles. The Balaban J connectivity index is 1.96. The Kier molecular flexibility index (Phi) is 5.05. The quantitative estimate of drug-likeness (QED) is 0.916. The molecule has 0 fully saturated rings. The van der Waals surface area contributed by atoms with E-state index in [-0.39, 0.29) is 0 Å². The van der Waals surface area contributed by atoms with Gasteiger partial charge in [0.25, 0.3) is 0 Å². The zero-order valence-electron chi connectivity index (χ0n) is 12.6. The van der Waals surface area contributed by atoms with Gasteiger partial charge in [0.1, 0.15) is 0 Å². The lowest BCUT2D eigenvalue weighted by molar-refractivity contribution is -0.137. The number of amides is 1. The predicted molar refractivity (Wildman–Crippen MR) is 81.6 cm³/mol. The Morgan fingerprint density at radius 2 is 1.39 bits per heavy atom. The number of alkyl halides is 3. The third-order valence-electron chi connectivity index (χ3n) is 3.42. The second kappa shape index (κ2) is 6.83. The molecule has 0 radical (unpaired) electrons. The van der Waals surface area contributed by atoms with Crippen molar-refractivity contribution < 1.29 is 18.0 Å². The molecule has 1 amide bonds. The first-order chi connectivity index (χ1) is 10.8. The van der Waals surface area contributed by atoms with E-state index in [1.54, 1.807) is 12.1 Å². The van der Waals surface area contributed by atoms with Crippen LogP contribution in [0.15, 0.2) is 48.5 Å². The Bertz CT molecular complexity index is 664. The fourth-order valence-electron chi connectivity index (χ4n) is 2.25. The van der Waals surface area contributed by atoms with E-state index in [1.165, 1.54) is 12.1 Å². The van der Waals surface area contributed by atoms with E-state index in [9.17, 15) is 18.0 Å². The normalized spacial score (nSPS) is 11.7. The summed E-state index contributed by atoms with van der Waals surface area (Å²) in [6.07, 6.45) is -4.31. The van der Waals surface area contributed by atoms with E-state index in [0.29, 0.717) is 18.7 Å². The van der Waals surface area contributed by atoms with Crippen LogP contribution in [0, 0.1) is 0 Å². The number of rotatable bonds is 5. The molecule has 0 spiro atoms. The number of nitrogens with zero attached hydrogens (tertiary/aromatic N) is 1. The second-order valence-corrected chi connectivity index (χ2v) is 5.43. The maximum absolute atomic E-state index is 12.5. The molecule has 0 saturated heterocycles. The van der Waals surface area contributed by atoms with Gasteiger partial charge in [-0.15, -0.1) is 0 Å². The number of carbonyl (C=O) groups excluding carboxylic acids is 1. The molecule has 3 nitrogen and oxygen atoms in total. The summed E-state index contributed by atoms with van der Waals surface area (Å²) in [6.45, 7) is 1.13. The lowest BCUT2D eigenvalue weighted by atomic mass is 10.1. The van der Waals surface area contributed by atoms with Crippen molar-refractivity contribution in [3.8, 4) is 0 Å². The van der Waals surface area contributed by atoms with Crippen LogP contribution in [0.4, 0.5) is 13.2 Å². The van der Waals surface area contributed by atoms with Crippen molar-refractivity contribution in [2.45, 2.75) is 19.3 Å². The third-order valence-corrected chi connectivity index (χ3v) is 3.42. The summed E-state index contributed by atoms with van der Waals surface area (Å²) >= 11 is 0. The van der Waals surface area contributed by atoms with E-state index in [1.807, 2.05) is 24.1 Å². The highest BCUT2D eigenvalue weighted by molar-refractivity contribution is 5.92. The molecule has 2 rings (SSSR count). The summed E-state index contributed by atoms with van der Waals surface area (Å²) in [7, 11) is 1.87. The predicted octanol–water partition coefficient (Wildman–Crippen LogP) is 3.44. The molecule has 2 aromatic carbocycles. The van der Waals surface area contributed by atoms with Crippen LogP contribution in [0.5, 0.6) is 0 Å². The fourth-order valence-corrected chi connectivity index (χ4v) is 2.25. The zero-order valence-corrected chi connectivity index (χ0v) is 12.6. The van der Waals surface area contributed by atoms with Gasteiger partial charge in [0.15, 0.2) is 0 Å². The summed E-state index contributed by atoms with van der Waals surface area (Å²) in [4.78, 5) is 13.0. The highest BCUT2D eigenvalue weighted by Crippen LogP contribution is 2.29. The number of nitrogens with two attached hydrogens (primary N) is 1. The first-order valence-corrected chi connectivity index (χ1v) is 6.99. The van der Waals surface area contributed by atoms with Crippen LogP contribution in [0.25, 0.3) is 0 Å². The Labute approximate surface area is 132 Å². The van der Waals surface area contributed by atoms with Gasteiger partial charge in [-0.1, -0.05) is 24.3 Å². The Morgan fingerprint density at radius 3 is 1.78 bits per heavy atom. The van der Waals surface area contributed by atoms with E-state index in [0.717, 1.165) is 23.3 Å². The van der Waals surface area contributed by atoms with E-state index >= 15 is 0 Å². The first-order valence-electron chi connectivity index (χ1n) is 6.99. The van der Waals surface area contributed by atoms with Crippen molar-refractivity contribution in [2.75, 3.05) is 7.05 Å². The maximum atomic E-state index is 12.5. The summed E-state index contributed by atoms with van der Waals surface area (Å²) in [5.41, 5.74) is 6.77. The van der Waals surface area contributed by atoms with Gasteiger partial charge in [-0.2, -0.15) is 13.2 Å². The van der Waals surface area contributed by atoms with Crippen LogP contribution in [0.1, 0.15) is 27.0 Å². The van der Waals surface area contributed by atoms with E-state index in [4.69, 9.17) is 5.73 Å². The van der Waals surface area contributed by atoms with Gasteiger partial charge in [-0.3, -0.25) is 9.69 Å². The van der Waals surface area contributed by atoms with Crippen LogP contribution >= 0.6 is 0 Å². The van der Waals surface area contributed by atoms with Crippen LogP contribution in [0.3, 0.4) is 0 Å². The Morgan fingerprint density at radius 1 is 0.957 bits per heavy atom. The molecule has 122 valence electrons. The van der Waals surface area contributed by atoms with Crippen molar-refractivity contribution >= 4 is 5.91 Å². The number of carbonyl (C=O) groups is 1. The average Bonchev–Trinajstić information content (AvgIpc) is 2.47. The molecular formula is C17H17F3N2O. The lowest BCUT2D eigenvalue weighted by Crippen LogP contribution is -2.17. The number of hydrogen-bond donors (Lipinski definition) is 1. The highest BCUT2D eigenvalue weighted by Gasteiger charge is 2.29. The molecule has 6 heteroatoms. The zero-order chi connectivity index (χ0) is 17.0. The summed E-state index contributed by atoms with van der Waals surface area (Å²) in [5.74, 6) is -0.477. The summed E-state index contributed by atoms with van der Waals surface area (Å²) < 4.78 is 37.5. The summed E-state index contributed by atoms with van der Waals surface area (Å²) in [6, 6.07) is 12.1. The van der Waals surface area contributed by atoms with Crippen molar-refractivity contribution in [3.05, 3.63) is 70.8 Å².